The third-order valence-corrected chi connectivity index (χ3v) is 4.67. The molecule has 0 aromatic heterocycles. The van der Waals surface area contributed by atoms with E-state index in [1.807, 2.05) is 49.4 Å². The zero-order valence-corrected chi connectivity index (χ0v) is 17.5. The van der Waals surface area contributed by atoms with Crippen molar-refractivity contribution in [1.29, 1.82) is 0 Å². The SMILES string of the molecule is Cc1cccc(C(=O)NC(=S)Nc2ccccc2C(=O)NCCc2ccccc2)c1. The van der Waals surface area contributed by atoms with E-state index in [1.54, 1.807) is 36.4 Å². The Bertz CT molecular complexity index is 1050. The highest BCUT2D eigenvalue weighted by Gasteiger charge is 2.13. The second-order valence-corrected chi connectivity index (χ2v) is 7.22. The van der Waals surface area contributed by atoms with Gasteiger partial charge in [-0.15, -0.1) is 0 Å². The van der Waals surface area contributed by atoms with Crippen LogP contribution in [-0.4, -0.2) is 23.5 Å². The van der Waals surface area contributed by atoms with Crippen molar-refractivity contribution in [1.82, 2.24) is 10.6 Å². The van der Waals surface area contributed by atoms with Gasteiger partial charge in [0.15, 0.2) is 5.11 Å². The lowest BCUT2D eigenvalue weighted by Crippen LogP contribution is -2.35. The van der Waals surface area contributed by atoms with E-state index in [4.69, 9.17) is 12.2 Å². The predicted molar refractivity (Wildman–Crippen MR) is 124 cm³/mol. The van der Waals surface area contributed by atoms with Gasteiger partial charge in [0.2, 0.25) is 0 Å². The number of aryl methyl sites for hydroxylation is 1. The predicted octanol–water partition coefficient (Wildman–Crippen LogP) is 4.09. The first-order chi connectivity index (χ1) is 14.5. The zero-order chi connectivity index (χ0) is 21.3. The minimum atomic E-state index is -0.305. The molecule has 152 valence electrons. The van der Waals surface area contributed by atoms with Gasteiger partial charge in [-0.3, -0.25) is 14.9 Å². The van der Waals surface area contributed by atoms with Crippen LogP contribution in [0.3, 0.4) is 0 Å². The van der Waals surface area contributed by atoms with E-state index in [0.29, 0.717) is 23.4 Å². The summed E-state index contributed by atoms with van der Waals surface area (Å²) in [6, 6.07) is 24.2. The smallest absolute Gasteiger partial charge is 0.257 e. The molecule has 0 fully saturated rings. The standard InChI is InChI=1S/C24H23N3O2S/c1-17-8-7-11-19(16-17)22(28)27-24(30)26-21-13-6-5-12-20(21)23(29)25-15-14-18-9-3-2-4-10-18/h2-13,16H,14-15H2,1H3,(H,25,29)(H2,26,27,28,30). The quantitative estimate of drug-likeness (QED) is 0.528. The molecule has 0 aliphatic heterocycles. The van der Waals surface area contributed by atoms with Crippen LogP contribution in [0.5, 0.6) is 0 Å². The van der Waals surface area contributed by atoms with Gasteiger partial charge in [-0.05, 0) is 55.4 Å². The molecule has 3 aromatic carbocycles. The molecule has 0 atom stereocenters. The normalized spacial score (nSPS) is 10.2. The number of para-hydroxylation sites is 1. The summed E-state index contributed by atoms with van der Waals surface area (Å²) in [6.45, 7) is 2.44. The topological polar surface area (TPSA) is 70.2 Å². The summed E-state index contributed by atoms with van der Waals surface area (Å²) in [5, 5.41) is 8.66. The molecule has 0 saturated heterocycles. The molecule has 0 bridgehead atoms. The molecule has 2 amide bonds. The van der Waals surface area contributed by atoms with Crippen LogP contribution in [0.1, 0.15) is 31.8 Å². The minimum absolute atomic E-state index is 0.131. The molecule has 3 aromatic rings. The number of amides is 2. The van der Waals surface area contributed by atoms with E-state index in [2.05, 4.69) is 16.0 Å². The first-order valence-electron chi connectivity index (χ1n) is 9.63. The highest BCUT2D eigenvalue weighted by atomic mass is 32.1. The second-order valence-electron chi connectivity index (χ2n) is 6.81. The fraction of sp³-hybridized carbons (Fsp3) is 0.125. The Morgan fingerprint density at radius 2 is 1.60 bits per heavy atom. The second kappa shape index (κ2) is 10.3. The number of benzene rings is 3. The van der Waals surface area contributed by atoms with E-state index < -0.39 is 0 Å². The Labute approximate surface area is 181 Å². The summed E-state index contributed by atoms with van der Waals surface area (Å²) in [7, 11) is 0. The molecule has 0 radical (unpaired) electrons. The van der Waals surface area contributed by atoms with Gasteiger partial charge < -0.3 is 10.6 Å². The monoisotopic (exact) mass is 417 g/mol. The summed E-state index contributed by atoms with van der Waals surface area (Å²) in [4.78, 5) is 25.0. The molecule has 3 rings (SSSR count). The van der Waals surface area contributed by atoms with Crippen molar-refractivity contribution in [2.45, 2.75) is 13.3 Å². The fourth-order valence-electron chi connectivity index (χ4n) is 2.97. The van der Waals surface area contributed by atoms with Crippen LogP contribution in [0.2, 0.25) is 0 Å². The maximum absolute atomic E-state index is 12.6. The van der Waals surface area contributed by atoms with E-state index in [-0.39, 0.29) is 16.9 Å². The first-order valence-corrected chi connectivity index (χ1v) is 10.0. The van der Waals surface area contributed by atoms with Crippen LogP contribution < -0.4 is 16.0 Å². The van der Waals surface area contributed by atoms with Gasteiger partial charge in [-0.2, -0.15) is 0 Å². The first kappa shape index (κ1) is 21.2. The fourth-order valence-corrected chi connectivity index (χ4v) is 3.17. The molecule has 6 heteroatoms. The molecule has 0 saturated carbocycles. The van der Waals surface area contributed by atoms with E-state index in [0.717, 1.165) is 17.5 Å². The summed E-state index contributed by atoms with van der Waals surface area (Å²) >= 11 is 5.27. The van der Waals surface area contributed by atoms with Crippen LogP contribution in [-0.2, 0) is 6.42 Å². The largest absolute Gasteiger partial charge is 0.352 e. The molecule has 0 aliphatic rings. The molecule has 5 nitrogen and oxygen atoms in total. The van der Waals surface area contributed by atoms with Gasteiger partial charge in [0.1, 0.15) is 0 Å². The zero-order valence-electron chi connectivity index (χ0n) is 16.6. The molecule has 0 aliphatic carbocycles. The van der Waals surface area contributed by atoms with Crippen molar-refractivity contribution in [2.24, 2.45) is 0 Å². The summed E-state index contributed by atoms with van der Waals surface area (Å²) in [5.41, 5.74) is 3.65. The molecule has 0 spiro atoms. The van der Waals surface area contributed by atoms with Crippen molar-refractivity contribution in [3.05, 3.63) is 101 Å². The number of carbonyl (C=O) groups is 2. The summed E-state index contributed by atoms with van der Waals surface area (Å²) < 4.78 is 0. The molecule has 0 heterocycles. The van der Waals surface area contributed by atoms with Crippen LogP contribution in [0, 0.1) is 6.92 Å². The number of thiocarbonyl (C=S) groups is 1. The summed E-state index contributed by atoms with van der Waals surface area (Å²) in [6.07, 6.45) is 0.743. The molecular formula is C24H23N3O2S. The number of rotatable bonds is 6. The van der Waals surface area contributed by atoms with Gasteiger partial charge in [-0.25, -0.2) is 0 Å². The van der Waals surface area contributed by atoms with Crippen molar-refractivity contribution in [2.75, 3.05) is 11.9 Å². The van der Waals surface area contributed by atoms with Gasteiger partial charge in [0.05, 0.1) is 11.3 Å². The molecule has 0 unspecified atom stereocenters. The number of anilines is 1. The Balaban J connectivity index is 1.59. The third kappa shape index (κ3) is 5.99. The number of nitrogens with one attached hydrogen (secondary N) is 3. The van der Waals surface area contributed by atoms with Crippen LogP contribution in [0.25, 0.3) is 0 Å². The highest BCUT2D eigenvalue weighted by molar-refractivity contribution is 7.80. The Morgan fingerprint density at radius 3 is 2.37 bits per heavy atom. The van der Waals surface area contributed by atoms with E-state index >= 15 is 0 Å². The van der Waals surface area contributed by atoms with E-state index in [9.17, 15) is 9.59 Å². The average Bonchev–Trinajstić information content (AvgIpc) is 2.74. The Hall–Kier alpha value is -3.51. The van der Waals surface area contributed by atoms with Crippen LogP contribution in [0.4, 0.5) is 5.69 Å². The van der Waals surface area contributed by atoms with Gasteiger partial charge in [0.25, 0.3) is 11.8 Å². The van der Waals surface area contributed by atoms with Crippen LogP contribution in [0.15, 0.2) is 78.9 Å². The maximum atomic E-state index is 12.6. The van der Waals surface area contributed by atoms with Crippen molar-refractivity contribution >= 4 is 34.8 Å². The lowest BCUT2D eigenvalue weighted by Gasteiger charge is -2.14. The van der Waals surface area contributed by atoms with Gasteiger partial charge in [0, 0.05) is 12.1 Å². The molecular weight excluding hydrogens is 394 g/mol. The highest BCUT2D eigenvalue weighted by Crippen LogP contribution is 2.15. The van der Waals surface area contributed by atoms with E-state index in [1.165, 1.54) is 0 Å². The third-order valence-electron chi connectivity index (χ3n) is 4.47. The molecule has 30 heavy (non-hydrogen) atoms. The summed E-state index contributed by atoms with van der Waals surface area (Å²) in [5.74, 6) is -0.511. The Kier molecular flexibility index (Phi) is 7.29. The molecule has 3 N–H and O–H groups in total. The van der Waals surface area contributed by atoms with Crippen molar-refractivity contribution in [3.8, 4) is 0 Å². The number of hydrogen-bond acceptors (Lipinski definition) is 3. The maximum Gasteiger partial charge on any atom is 0.257 e. The van der Waals surface area contributed by atoms with Crippen molar-refractivity contribution < 1.29 is 9.59 Å². The Morgan fingerprint density at radius 1 is 0.867 bits per heavy atom. The average molecular weight is 418 g/mol. The lowest BCUT2D eigenvalue weighted by atomic mass is 10.1. The number of carbonyl (C=O) groups excluding carboxylic acids is 2. The minimum Gasteiger partial charge on any atom is -0.352 e. The van der Waals surface area contributed by atoms with Crippen LogP contribution >= 0.6 is 12.2 Å². The van der Waals surface area contributed by atoms with Crippen molar-refractivity contribution in [3.63, 3.8) is 0 Å². The van der Waals surface area contributed by atoms with Gasteiger partial charge >= 0.3 is 0 Å². The lowest BCUT2D eigenvalue weighted by molar-refractivity contribution is 0.0953. The number of hydrogen-bond donors (Lipinski definition) is 3. The van der Waals surface area contributed by atoms with Gasteiger partial charge in [-0.1, -0.05) is 60.2 Å².